The summed E-state index contributed by atoms with van der Waals surface area (Å²) in [7, 11) is 3.11. The number of amides is 1. The molecule has 148 valence electrons. The summed E-state index contributed by atoms with van der Waals surface area (Å²) in [5, 5.41) is 11.7. The number of hydrogen-bond donors (Lipinski definition) is 1. The molecule has 2 rings (SSSR count). The van der Waals surface area contributed by atoms with E-state index in [0.717, 1.165) is 11.3 Å². The van der Waals surface area contributed by atoms with Crippen molar-refractivity contribution in [2.75, 3.05) is 14.2 Å². The predicted molar refractivity (Wildman–Crippen MR) is 111 cm³/mol. The van der Waals surface area contributed by atoms with Gasteiger partial charge in [0.2, 0.25) is 11.8 Å². The number of methoxy groups -OCH3 is 1. The maximum absolute atomic E-state index is 12.1. The summed E-state index contributed by atoms with van der Waals surface area (Å²) in [5.74, 6) is 1.44. The van der Waals surface area contributed by atoms with Crippen molar-refractivity contribution in [3.8, 4) is 0 Å². The van der Waals surface area contributed by atoms with Crippen LogP contribution in [0.5, 0.6) is 0 Å². The first-order valence-corrected chi connectivity index (χ1v) is 9.09. The highest BCUT2D eigenvalue weighted by atomic mass is 35.5. The molecule has 0 saturated heterocycles. The quantitative estimate of drug-likeness (QED) is 0.437. The Morgan fingerprint density at radius 1 is 1.39 bits per heavy atom. The number of benzene rings is 1. The van der Waals surface area contributed by atoms with Gasteiger partial charge in [0.15, 0.2) is 5.82 Å². The molecule has 0 fully saturated rings. The summed E-state index contributed by atoms with van der Waals surface area (Å²) < 4.78 is 7.34. The van der Waals surface area contributed by atoms with Gasteiger partial charge in [-0.05, 0) is 44.2 Å². The van der Waals surface area contributed by atoms with Crippen molar-refractivity contribution in [3.63, 3.8) is 0 Å². The van der Waals surface area contributed by atoms with Gasteiger partial charge in [-0.25, -0.2) is 4.99 Å². The van der Waals surface area contributed by atoms with E-state index in [9.17, 15) is 4.79 Å². The Morgan fingerprint density at radius 2 is 2.07 bits per heavy atom. The predicted octanol–water partition coefficient (Wildman–Crippen LogP) is 3.56. The molecule has 28 heavy (non-hydrogen) atoms. The second-order valence-electron chi connectivity index (χ2n) is 6.02. The average Bonchev–Trinajstić information content (AvgIpc) is 3.07. The number of rotatable bonds is 7. The molecule has 0 saturated carbocycles. The van der Waals surface area contributed by atoms with E-state index < -0.39 is 6.04 Å². The minimum Gasteiger partial charge on any atom is -0.481 e. The lowest BCUT2D eigenvalue weighted by Crippen LogP contribution is -2.22. The SMILES string of the molecule is C=C/C=C(\C)n1c(C)nnc1[C@H](CC(=O)NC)N=C(OC)c1ccc(Cl)cc1. The lowest BCUT2D eigenvalue weighted by atomic mass is 10.1. The third kappa shape index (κ3) is 5.07. The van der Waals surface area contributed by atoms with E-state index in [4.69, 9.17) is 16.3 Å². The van der Waals surface area contributed by atoms with Gasteiger partial charge in [0.05, 0.1) is 13.5 Å². The Bertz CT molecular complexity index is 900. The zero-order valence-corrected chi connectivity index (χ0v) is 17.2. The van der Waals surface area contributed by atoms with Crippen molar-refractivity contribution >= 4 is 29.1 Å². The average molecular weight is 402 g/mol. The van der Waals surface area contributed by atoms with Crippen molar-refractivity contribution in [1.82, 2.24) is 20.1 Å². The maximum Gasteiger partial charge on any atom is 0.222 e. The highest BCUT2D eigenvalue weighted by Gasteiger charge is 2.24. The summed E-state index contributed by atoms with van der Waals surface area (Å²) in [6.45, 7) is 7.49. The first kappa shape index (κ1) is 21.4. The zero-order chi connectivity index (χ0) is 20.7. The van der Waals surface area contributed by atoms with Crippen LogP contribution in [0.15, 0.2) is 48.0 Å². The Morgan fingerprint density at radius 3 is 2.64 bits per heavy atom. The second kappa shape index (κ2) is 9.85. The van der Waals surface area contributed by atoms with Crippen molar-refractivity contribution in [1.29, 1.82) is 0 Å². The fraction of sp³-hybridized carbons (Fsp3) is 0.300. The third-order valence-electron chi connectivity index (χ3n) is 4.07. The fourth-order valence-corrected chi connectivity index (χ4v) is 2.85. The monoisotopic (exact) mass is 401 g/mol. The summed E-state index contributed by atoms with van der Waals surface area (Å²) in [5.41, 5.74) is 1.62. The number of allylic oxidation sites excluding steroid dienone is 3. The van der Waals surface area contributed by atoms with Gasteiger partial charge in [-0.3, -0.25) is 9.36 Å². The van der Waals surface area contributed by atoms with Crippen LogP contribution in [0.4, 0.5) is 0 Å². The molecule has 1 aromatic carbocycles. The number of nitrogens with one attached hydrogen (secondary N) is 1. The van der Waals surface area contributed by atoms with Crippen LogP contribution in [0.3, 0.4) is 0 Å². The molecule has 0 unspecified atom stereocenters. The van der Waals surface area contributed by atoms with E-state index in [1.807, 2.05) is 24.5 Å². The normalized spacial score (nSPS) is 13.2. The number of aryl methyl sites for hydroxylation is 1. The van der Waals surface area contributed by atoms with Gasteiger partial charge in [0, 0.05) is 23.3 Å². The Kier molecular flexibility index (Phi) is 7.52. The number of carbonyl (C=O) groups is 1. The van der Waals surface area contributed by atoms with Crippen LogP contribution in [0.25, 0.3) is 5.70 Å². The summed E-state index contributed by atoms with van der Waals surface area (Å²) in [6.07, 6.45) is 3.62. The summed E-state index contributed by atoms with van der Waals surface area (Å²) >= 11 is 5.97. The van der Waals surface area contributed by atoms with Crippen LogP contribution in [0.2, 0.25) is 5.02 Å². The third-order valence-corrected chi connectivity index (χ3v) is 4.33. The van der Waals surface area contributed by atoms with Crippen molar-refractivity contribution in [3.05, 3.63) is 65.2 Å². The van der Waals surface area contributed by atoms with E-state index in [1.165, 1.54) is 7.11 Å². The summed E-state index contributed by atoms with van der Waals surface area (Å²) in [6, 6.07) is 6.52. The number of aliphatic imine (C=N–C) groups is 1. The van der Waals surface area contributed by atoms with Gasteiger partial charge >= 0.3 is 0 Å². The number of aromatic nitrogens is 3. The van der Waals surface area contributed by atoms with Crippen LogP contribution >= 0.6 is 11.6 Å². The molecule has 1 N–H and O–H groups in total. The minimum atomic E-state index is -0.597. The molecule has 7 nitrogen and oxygen atoms in total. The van der Waals surface area contributed by atoms with Crippen LogP contribution in [0.1, 0.15) is 36.6 Å². The van der Waals surface area contributed by atoms with Crippen LogP contribution in [-0.2, 0) is 9.53 Å². The second-order valence-corrected chi connectivity index (χ2v) is 6.46. The first-order valence-electron chi connectivity index (χ1n) is 8.71. The molecular formula is C20H24ClN5O2. The van der Waals surface area contributed by atoms with E-state index in [2.05, 4.69) is 27.1 Å². The molecule has 0 aliphatic carbocycles. The van der Waals surface area contributed by atoms with Gasteiger partial charge < -0.3 is 10.1 Å². The fourth-order valence-electron chi connectivity index (χ4n) is 2.73. The standard InChI is InChI=1S/C20H24ClN5O2/c1-6-7-13(2)26-14(3)24-25-19(26)17(12-18(27)22-4)23-20(28-5)15-8-10-16(21)11-9-15/h6-11,17H,1,12H2,2-5H3,(H,22,27)/b13-7+,23-20?/t17-/m0/s1. The van der Waals surface area contributed by atoms with Crippen LogP contribution in [0, 0.1) is 6.92 Å². The number of ether oxygens (including phenoxy) is 1. The Balaban J connectivity index is 2.57. The number of hydrogen-bond acceptors (Lipinski definition) is 5. The molecule has 0 bridgehead atoms. The topological polar surface area (TPSA) is 81.4 Å². The van der Waals surface area contributed by atoms with E-state index in [0.29, 0.717) is 22.6 Å². The molecule has 1 amide bonds. The van der Waals surface area contributed by atoms with E-state index in [-0.39, 0.29) is 12.3 Å². The van der Waals surface area contributed by atoms with Gasteiger partial charge in [0.25, 0.3) is 0 Å². The van der Waals surface area contributed by atoms with E-state index >= 15 is 0 Å². The van der Waals surface area contributed by atoms with Crippen LogP contribution < -0.4 is 5.32 Å². The molecule has 1 atom stereocenters. The molecule has 8 heteroatoms. The summed E-state index contributed by atoms with van der Waals surface area (Å²) in [4.78, 5) is 16.8. The molecule has 0 aliphatic rings. The number of carbonyl (C=O) groups excluding carboxylic acids is 1. The largest absolute Gasteiger partial charge is 0.481 e. The van der Waals surface area contributed by atoms with Crippen molar-refractivity contribution < 1.29 is 9.53 Å². The number of nitrogens with zero attached hydrogens (tertiary/aromatic N) is 4. The molecule has 1 aromatic heterocycles. The molecule has 0 spiro atoms. The molecule has 0 radical (unpaired) electrons. The lowest BCUT2D eigenvalue weighted by Gasteiger charge is -2.16. The molecular weight excluding hydrogens is 378 g/mol. The van der Waals surface area contributed by atoms with Crippen molar-refractivity contribution in [2.45, 2.75) is 26.3 Å². The van der Waals surface area contributed by atoms with Crippen molar-refractivity contribution in [2.24, 2.45) is 4.99 Å². The number of halogens is 1. The van der Waals surface area contributed by atoms with Gasteiger partial charge in [-0.1, -0.05) is 24.3 Å². The van der Waals surface area contributed by atoms with Gasteiger partial charge in [-0.2, -0.15) is 0 Å². The maximum atomic E-state index is 12.1. The molecule has 2 aromatic rings. The van der Waals surface area contributed by atoms with Gasteiger partial charge in [0.1, 0.15) is 11.9 Å². The van der Waals surface area contributed by atoms with Crippen LogP contribution in [-0.4, -0.2) is 40.7 Å². The minimum absolute atomic E-state index is 0.0937. The highest BCUT2D eigenvalue weighted by Crippen LogP contribution is 2.25. The Labute approximate surface area is 169 Å². The Hall–Kier alpha value is -2.93. The lowest BCUT2D eigenvalue weighted by molar-refractivity contribution is -0.121. The van der Waals surface area contributed by atoms with Gasteiger partial charge in [-0.15, -0.1) is 10.2 Å². The molecule has 1 heterocycles. The zero-order valence-electron chi connectivity index (χ0n) is 16.4. The smallest absolute Gasteiger partial charge is 0.222 e. The molecule has 0 aliphatic heterocycles. The highest BCUT2D eigenvalue weighted by molar-refractivity contribution is 6.30. The first-order chi connectivity index (χ1) is 13.4. The van der Waals surface area contributed by atoms with E-state index in [1.54, 1.807) is 37.4 Å².